The van der Waals surface area contributed by atoms with Gasteiger partial charge in [-0.1, -0.05) is 20.8 Å². The summed E-state index contributed by atoms with van der Waals surface area (Å²) in [5.74, 6) is 1.67. The Kier molecular flexibility index (Phi) is 8.01. The molecule has 1 aromatic rings. The van der Waals surface area contributed by atoms with Crippen LogP contribution in [-0.2, 0) is 0 Å². The molecule has 0 unspecified atom stereocenters. The highest BCUT2D eigenvalue weighted by molar-refractivity contribution is 5.85. The van der Waals surface area contributed by atoms with Gasteiger partial charge < -0.3 is 25.1 Å². The lowest BCUT2D eigenvalue weighted by molar-refractivity contribution is 0.130. The highest BCUT2D eigenvalue weighted by Crippen LogP contribution is 2.39. The van der Waals surface area contributed by atoms with Crippen LogP contribution in [0.4, 0.5) is 0 Å². The normalized spacial score (nSPS) is 13.8. The molecule has 5 nitrogen and oxygen atoms in total. The fraction of sp³-hybridized carbons (Fsp3) is 0.625. The SMILES string of the molecule is COc1cc(OC)c([C@@H](O)C[C@@H](N)C(C)(C)C)cc1OC.Cl. The number of nitrogens with two attached hydrogens (primary N) is 1. The highest BCUT2D eigenvalue weighted by atomic mass is 35.5. The molecule has 0 aromatic heterocycles. The van der Waals surface area contributed by atoms with Crippen molar-refractivity contribution in [1.29, 1.82) is 0 Å². The van der Waals surface area contributed by atoms with Crippen molar-refractivity contribution in [2.24, 2.45) is 11.1 Å². The summed E-state index contributed by atoms with van der Waals surface area (Å²) in [5, 5.41) is 10.5. The van der Waals surface area contributed by atoms with Crippen LogP contribution < -0.4 is 19.9 Å². The average molecular weight is 334 g/mol. The first-order chi connectivity index (χ1) is 9.74. The zero-order valence-electron chi connectivity index (χ0n) is 14.2. The van der Waals surface area contributed by atoms with Crippen molar-refractivity contribution in [1.82, 2.24) is 0 Å². The smallest absolute Gasteiger partial charge is 0.164 e. The van der Waals surface area contributed by atoms with Crippen molar-refractivity contribution >= 4 is 12.4 Å². The molecule has 0 bridgehead atoms. The maximum Gasteiger partial charge on any atom is 0.164 e. The van der Waals surface area contributed by atoms with Crippen LogP contribution in [0.1, 0.15) is 38.9 Å². The summed E-state index contributed by atoms with van der Waals surface area (Å²) in [5.41, 5.74) is 6.72. The summed E-state index contributed by atoms with van der Waals surface area (Å²) in [6, 6.07) is 3.31. The zero-order valence-corrected chi connectivity index (χ0v) is 15.0. The second kappa shape index (κ2) is 8.46. The van der Waals surface area contributed by atoms with E-state index in [1.54, 1.807) is 33.5 Å². The van der Waals surface area contributed by atoms with E-state index >= 15 is 0 Å². The van der Waals surface area contributed by atoms with E-state index in [-0.39, 0.29) is 23.9 Å². The van der Waals surface area contributed by atoms with Gasteiger partial charge in [-0.05, 0) is 17.9 Å². The van der Waals surface area contributed by atoms with Gasteiger partial charge in [0.15, 0.2) is 11.5 Å². The Morgan fingerprint density at radius 2 is 1.45 bits per heavy atom. The molecule has 0 fully saturated rings. The predicted octanol–water partition coefficient (Wildman–Crippen LogP) is 2.93. The largest absolute Gasteiger partial charge is 0.496 e. The molecule has 6 heteroatoms. The Morgan fingerprint density at radius 3 is 1.86 bits per heavy atom. The Labute approximate surface area is 139 Å². The number of hydrogen-bond donors (Lipinski definition) is 2. The van der Waals surface area contributed by atoms with Crippen molar-refractivity contribution < 1.29 is 19.3 Å². The molecule has 22 heavy (non-hydrogen) atoms. The summed E-state index contributed by atoms with van der Waals surface area (Å²) >= 11 is 0. The lowest BCUT2D eigenvalue weighted by Gasteiger charge is -2.29. The van der Waals surface area contributed by atoms with Crippen LogP contribution in [0.5, 0.6) is 17.2 Å². The van der Waals surface area contributed by atoms with Crippen LogP contribution in [0.3, 0.4) is 0 Å². The van der Waals surface area contributed by atoms with Crippen molar-refractivity contribution in [3.05, 3.63) is 17.7 Å². The lowest BCUT2D eigenvalue weighted by atomic mass is 9.83. The summed E-state index contributed by atoms with van der Waals surface area (Å²) in [7, 11) is 4.67. The third-order valence-corrected chi connectivity index (χ3v) is 3.68. The molecule has 2 atom stereocenters. The van der Waals surface area contributed by atoms with Gasteiger partial charge in [-0.2, -0.15) is 0 Å². The maximum absolute atomic E-state index is 10.5. The molecule has 128 valence electrons. The van der Waals surface area contributed by atoms with Crippen LogP contribution >= 0.6 is 12.4 Å². The molecule has 0 amide bonds. The molecule has 1 rings (SSSR count). The third-order valence-electron chi connectivity index (χ3n) is 3.68. The predicted molar refractivity (Wildman–Crippen MR) is 90.4 cm³/mol. The summed E-state index contributed by atoms with van der Waals surface area (Å²) in [4.78, 5) is 0. The highest BCUT2D eigenvalue weighted by Gasteiger charge is 2.26. The number of benzene rings is 1. The summed E-state index contributed by atoms with van der Waals surface area (Å²) in [6.07, 6.45) is -0.288. The molecular formula is C16H28ClNO4. The van der Waals surface area contributed by atoms with Crippen molar-refractivity contribution in [2.75, 3.05) is 21.3 Å². The summed E-state index contributed by atoms with van der Waals surface area (Å²) in [6.45, 7) is 6.16. The molecule has 1 aromatic carbocycles. The standard InChI is InChI=1S/C16H27NO4.ClH/c1-16(2,3)15(17)8-11(18)10-7-13(20-5)14(21-6)9-12(10)19-4;/h7,9,11,15,18H,8,17H2,1-6H3;1H/t11-,15+;/m0./s1. The van der Waals surface area contributed by atoms with E-state index in [9.17, 15) is 5.11 Å². The Hall–Kier alpha value is -1.17. The van der Waals surface area contributed by atoms with Crippen LogP contribution in [0.25, 0.3) is 0 Å². The number of halogens is 1. The first kappa shape index (κ1) is 20.8. The van der Waals surface area contributed by atoms with E-state index in [1.165, 1.54) is 0 Å². The average Bonchev–Trinajstić information content (AvgIpc) is 2.44. The molecule has 0 radical (unpaired) electrons. The van der Waals surface area contributed by atoms with Crippen LogP contribution in [0, 0.1) is 5.41 Å². The van der Waals surface area contributed by atoms with Crippen LogP contribution in [-0.4, -0.2) is 32.5 Å². The van der Waals surface area contributed by atoms with Crippen molar-refractivity contribution in [2.45, 2.75) is 39.3 Å². The molecule has 0 aliphatic heterocycles. The molecule has 0 aliphatic carbocycles. The van der Waals surface area contributed by atoms with Gasteiger partial charge in [0.25, 0.3) is 0 Å². The van der Waals surface area contributed by atoms with E-state index in [4.69, 9.17) is 19.9 Å². The Balaban J connectivity index is 0.00000441. The number of ether oxygens (including phenoxy) is 3. The molecule has 0 saturated heterocycles. The molecular weight excluding hydrogens is 306 g/mol. The van der Waals surface area contributed by atoms with E-state index in [0.717, 1.165) is 0 Å². The topological polar surface area (TPSA) is 73.9 Å². The minimum absolute atomic E-state index is 0. The van der Waals surface area contributed by atoms with Gasteiger partial charge in [0.2, 0.25) is 0 Å². The third kappa shape index (κ3) is 4.93. The first-order valence-corrected chi connectivity index (χ1v) is 6.98. The molecule has 0 aliphatic rings. The van der Waals surface area contributed by atoms with Crippen molar-refractivity contribution in [3.63, 3.8) is 0 Å². The fourth-order valence-corrected chi connectivity index (χ4v) is 2.03. The number of aliphatic hydroxyl groups excluding tert-OH is 1. The number of aliphatic hydroxyl groups is 1. The van der Waals surface area contributed by atoms with Gasteiger partial charge >= 0.3 is 0 Å². The van der Waals surface area contributed by atoms with Gasteiger partial charge in [-0.15, -0.1) is 12.4 Å². The maximum atomic E-state index is 10.5. The zero-order chi connectivity index (χ0) is 16.2. The lowest BCUT2D eigenvalue weighted by Crippen LogP contribution is -2.36. The van der Waals surface area contributed by atoms with Crippen LogP contribution in [0.2, 0.25) is 0 Å². The van der Waals surface area contributed by atoms with Gasteiger partial charge in [-0.3, -0.25) is 0 Å². The van der Waals surface area contributed by atoms with Crippen LogP contribution in [0.15, 0.2) is 12.1 Å². The molecule has 0 heterocycles. The van der Waals surface area contributed by atoms with E-state index in [2.05, 4.69) is 20.8 Å². The van der Waals surface area contributed by atoms with Crippen molar-refractivity contribution in [3.8, 4) is 17.2 Å². The van der Waals surface area contributed by atoms with Gasteiger partial charge in [0, 0.05) is 17.7 Å². The second-order valence-corrected chi connectivity index (χ2v) is 6.17. The quantitative estimate of drug-likeness (QED) is 0.837. The number of hydrogen-bond acceptors (Lipinski definition) is 5. The van der Waals surface area contributed by atoms with E-state index < -0.39 is 6.10 Å². The second-order valence-electron chi connectivity index (χ2n) is 6.17. The Morgan fingerprint density at radius 1 is 1.00 bits per heavy atom. The Bertz CT molecular complexity index is 474. The number of rotatable bonds is 6. The molecule has 3 N–H and O–H groups in total. The van der Waals surface area contributed by atoms with Gasteiger partial charge in [0.1, 0.15) is 5.75 Å². The monoisotopic (exact) mass is 333 g/mol. The summed E-state index contributed by atoms with van der Waals surface area (Å²) < 4.78 is 15.9. The van der Waals surface area contributed by atoms with E-state index in [0.29, 0.717) is 29.2 Å². The molecule has 0 spiro atoms. The fourth-order valence-electron chi connectivity index (χ4n) is 2.03. The first-order valence-electron chi connectivity index (χ1n) is 6.98. The van der Waals surface area contributed by atoms with E-state index in [1.807, 2.05) is 0 Å². The van der Waals surface area contributed by atoms with Gasteiger partial charge in [0.05, 0.1) is 27.4 Å². The van der Waals surface area contributed by atoms with Gasteiger partial charge in [-0.25, -0.2) is 0 Å². The minimum atomic E-state index is -0.728. The minimum Gasteiger partial charge on any atom is -0.496 e. The number of methoxy groups -OCH3 is 3. The molecule has 0 saturated carbocycles.